The van der Waals surface area contributed by atoms with Gasteiger partial charge in [0.1, 0.15) is 29.1 Å². The Labute approximate surface area is 209 Å². The Bertz CT molecular complexity index is 1270. The van der Waals surface area contributed by atoms with E-state index in [0.717, 1.165) is 0 Å². The minimum absolute atomic E-state index is 0.237. The summed E-state index contributed by atoms with van der Waals surface area (Å²) in [5.41, 5.74) is -2.24. The van der Waals surface area contributed by atoms with E-state index in [-0.39, 0.29) is 17.1 Å². The zero-order valence-electron chi connectivity index (χ0n) is 20.4. The molecule has 0 aromatic heterocycles. The summed E-state index contributed by atoms with van der Waals surface area (Å²) in [6, 6.07) is 19.5. The minimum atomic E-state index is -2.09. The molecule has 1 fully saturated rings. The third-order valence-electron chi connectivity index (χ3n) is 7.43. The molecular weight excluding hydrogens is 464 g/mol. The van der Waals surface area contributed by atoms with Gasteiger partial charge in [-0.2, -0.15) is 0 Å². The van der Waals surface area contributed by atoms with E-state index in [9.17, 15) is 15.0 Å². The van der Waals surface area contributed by atoms with E-state index in [1.165, 1.54) is 21.3 Å². The smallest absolute Gasteiger partial charge is 0.312 e. The van der Waals surface area contributed by atoms with Crippen molar-refractivity contribution < 1.29 is 38.7 Å². The first-order chi connectivity index (χ1) is 17.4. The predicted octanol–water partition coefficient (Wildman–Crippen LogP) is 3.14. The second kappa shape index (κ2) is 8.72. The lowest BCUT2D eigenvalue weighted by Gasteiger charge is -2.40. The third-order valence-corrected chi connectivity index (χ3v) is 7.43. The number of hydrogen-bond acceptors (Lipinski definition) is 8. The average Bonchev–Trinajstić information content (AvgIpc) is 3.30. The highest BCUT2D eigenvalue weighted by Crippen LogP contribution is 2.70. The molecule has 1 aliphatic heterocycles. The lowest BCUT2D eigenvalue weighted by atomic mass is 9.70. The summed E-state index contributed by atoms with van der Waals surface area (Å²) in [6.07, 6.45) is -1.60. The molecule has 1 heterocycles. The van der Waals surface area contributed by atoms with Crippen molar-refractivity contribution in [2.45, 2.75) is 23.2 Å². The van der Waals surface area contributed by atoms with E-state index in [4.69, 9.17) is 23.7 Å². The maximum absolute atomic E-state index is 13.2. The molecule has 1 aliphatic carbocycles. The fraction of sp³-hybridized carbons (Fsp3) is 0.321. The van der Waals surface area contributed by atoms with Gasteiger partial charge in [0.25, 0.3) is 0 Å². The van der Waals surface area contributed by atoms with Gasteiger partial charge < -0.3 is 33.9 Å². The topological polar surface area (TPSA) is 104 Å². The maximum Gasteiger partial charge on any atom is 0.312 e. The number of fused-ring (bicyclic) bond motifs is 3. The summed E-state index contributed by atoms with van der Waals surface area (Å²) in [7, 11) is 5.79. The van der Waals surface area contributed by atoms with Gasteiger partial charge in [-0.05, 0) is 23.3 Å². The van der Waals surface area contributed by atoms with Crippen molar-refractivity contribution in [1.82, 2.24) is 0 Å². The number of rotatable bonds is 6. The fourth-order valence-electron chi connectivity index (χ4n) is 5.90. The molecule has 5 rings (SSSR count). The van der Waals surface area contributed by atoms with Crippen LogP contribution in [-0.2, 0) is 20.7 Å². The Kier molecular flexibility index (Phi) is 5.81. The first-order valence-electron chi connectivity index (χ1n) is 11.5. The number of benzene rings is 3. The van der Waals surface area contributed by atoms with Crippen LogP contribution in [0, 0.1) is 5.92 Å². The van der Waals surface area contributed by atoms with Gasteiger partial charge in [0.2, 0.25) is 0 Å². The summed E-state index contributed by atoms with van der Waals surface area (Å²) in [4.78, 5) is 13.2. The van der Waals surface area contributed by atoms with E-state index in [1.54, 1.807) is 43.5 Å². The summed E-state index contributed by atoms with van der Waals surface area (Å²) in [5, 5.41) is 24.5. The quantitative estimate of drug-likeness (QED) is 0.506. The van der Waals surface area contributed by atoms with E-state index in [2.05, 4.69) is 0 Å². The first-order valence-corrected chi connectivity index (χ1v) is 11.5. The Hall–Kier alpha value is -3.75. The monoisotopic (exact) mass is 492 g/mol. The van der Waals surface area contributed by atoms with Crippen LogP contribution < -0.4 is 18.9 Å². The largest absolute Gasteiger partial charge is 0.497 e. The predicted molar refractivity (Wildman–Crippen MR) is 129 cm³/mol. The van der Waals surface area contributed by atoms with Gasteiger partial charge in [0, 0.05) is 18.1 Å². The summed E-state index contributed by atoms with van der Waals surface area (Å²) in [6.45, 7) is 0. The molecule has 1 saturated carbocycles. The zero-order valence-corrected chi connectivity index (χ0v) is 20.4. The van der Waals surface area contributed by atoms with Gasteiger partial charge in [-0.3, -0.25) is 4.79 Å². The van der Waals surface area contributed by atoms with Crippen molar-refractivity contribution in [3.63, 3.8) is 0 Å². The van der Waals surface area contributed by atoms with Crippen molar-refractivity contribution >= 4 is 5.97 Å². The molecule has 36 heavy (non-hydrogen) atoms. The number of hydrogen-bond donors (Lipinski definition) is 2. The van der Waals surface area contributed by atoms with Gasteiger partial charge in [0.05, 0.1) is 39.9 Å². The van der Waals surface area contributed by atoms with Gasteiger partial charge in [-0.25, -0.2) is 0 Å². The van der Waals surface area contributed by atoms with Crippen LogP contribution in [0.4, 0.5) is 0 Å². The molecule has 188 valence electrons. The highest BCUT2D eigenvalue weighted by molar-refractivity contribution is 5.78. The number of aliphatic hydroxyl groups is 2. The number of aliphatic hydroxyl groups excluding tert-OH is 1. The molecule has 0 saturated heterocycles. The number of ether oxygens (including phenoxy) is 5. The van der Waals surface area contributed by atoms with Crippen LogP contribution in [0.15, 0.2) is 66.7 Å². The molecule has 0 unspecified atom stereocenters. The van der Waals surface area contributed by atoms with E-state index in [1.807, 2.05) is 30.3 Å². The molecule has 5 atom stereocenters. The number of carbonyl (C=O) groups excluding carboxylic acids is 1. The summed E-state index contributed by atoms with van der Waals surface area (Å²) in [5.74, 6) is -1.04. The van der Waals surface area contributed by atoms with Crippen molar-refractivity contribution in [3.05, 3.63) is 83.4 Å². The third kappa shape index (κ3) is 3.04. The number of carbonyl (C=O) groups is 1. The van der Waals surface area contributed by atoms with Crippen LogP contribution in [-0.4, -0.2) is 50.7 Å². The highest BCUT2D eigenvalue weighted by Gasteiger charge is 2.78. The van der Waals surface area contributed by atoms with E-state index >= 15 is 0 Å². The van der Waals surface area contributed by atoms with Crippen molar-refractivity contribution in [1.29, 1.82) is 0 Å². The van der Waals surface area contributed by atoms with Crippen molar-refractivity contribution in [2.24, 2.45) is 5.92 Å². The van der Waals surface area contributed by atoms with Crippen LogP contribution in [0.1, 0.15) is 22.6 Å². The maximum atomic E-state index is 13.2. The van der Waals surface area contributed by atoms with Crippen LogP contribution in [0.3, 0.4) is 0 Å². The molecule has 3 aromatic rings. The first kappa shape index (κ1) is 24.0. The van der Waals surface area contributed by atoms with Gasteiger partial charge in [-0.15, -0.1) is 0 Å². The minimum Gasteiger partial charge on any atom is -0.497 e. The number of esters is 1. The highest BCUT2D eigenvalue weighted by atomic mass is 16.6. The summed E-state index contributed by atoms with van der Waals surface area (Å²) < 4.78 is 28.2. The number of methoxy groups -OCH3 is 4. The Morgan fingerprint density at radius 2 is 1.56 bits per heavy atom. The molecule has 0 radical (unpaired) electrons. The van der Waals surface area contributed by atoms with Gasteiger partial charge >= 0.3 is 5.97 Å². The molecule has 3 aromatic carbocycles. The standard InChI is InChI=1S/C28H28O8/c1-32-18-12-10-17(11-13-18)28-23(16-8-6-5-7-9-16)22(26(30)35-4)25(29)27(28,31)24-20(34-3)14-19(33-2)15-21(24)36-28/h5-15,22-23,25,29,31H,1-4H3/t22-,23+,25-,27-,28-/m0/s1. The lowest BCUT2D eigenvalue weighted by Crippen LogP contribution is -2.52. The molecule has 2 aliphatic rings. The van der Waals surface area contributed by atoms with E-state index < -0.39 is 35.1 Å². The van der Waals surface area contributed by atoms with Crippen LogP contribution in [0.2, 0.25) is 0 Å². The molecule has 2 N–H and O–H groups in total. The Balaban J connectivity index is 1.88. The second-order valence-corrected chi connectivity index (χ2v) is 8.92. The Morgan fingerprint density at radius 3 is 2.14 bits per heavy atom. The normalized spacial score (nSPS) is 28.0. The lowest BCUT2D eigenvalue weighted by molar-refractivity contribution is -0.161. The Morgan fingerprint density at radius 1 is 0.889 bits per heavy atom. The van der Waals surface area contributed by atoms with Gasteiger partial charge in [0.15, 0.2) is 11.2 Å². The molecule has 8 heteroatoms. The summed E-state index contributed by atoms with van der Waals surface area (Å²) >= 11 is 0. The molecule has 0 amide bonds. The zero-order chi connectivity index (χ0) is 25.7. The van der Waals surface area contributed by atoms with Crippen molar-refractivity contribution in [2.75, 3.05) is 28.4 Å². The van der Waals surface area contributed by atoms with E-state index in [0.29, 0.717) is 22.6 Å². The second-order valence-electron chi connectivity index (χ2n) is 8.92. The molecular formula is C28H28O8. The van der Waals surface area contributed by atoms with Crippen LogP contribution >= 0.6 is 0 Å². The fourth-order valence-corrected chi connectivity index (χ4v) is 5.90. The average molecular weight is 493 g/mol. The molecule has 8 nitrogen and oxygen atoms in total. The molecule has 0 bridgehead atoms. The van der Waals surface area contributed by atoms with Crippen molar-refractivity contribution in [3.8, 4) is 23.0 Å². The van der Waals surface area contributed by atoms with Crippen LogP contribution in [0.25, 0.3) is 0 Å². The van der Waals surface area contributed by atoms with Crippen LogP contribution in [0.5, 0.6) is 23.0 Å². The SMILES string of the molecule is COC(=O)[C@H]1[C@@H](c2ccccc2)[C@]2(c3ccc(OC)cc3)Oc3cc(OC)cc(OC)c3[C@]2(O)[C@H]1O. The van der Waals surface area contributed by atoms with Gasteiger partial charge in [-0.1, -0.05) is 42.5 Å². The molecule has 0 spiro atoms.